The minimum absolute atomic E-state index is 0.000337. The number of anilines is 1. The number of aliphatic hydroxyl groups is 1. The van der Waals surface area contributed by atoms with E-state index >= 15 is 0 Å². The Morgan fingerprint density at radius 1 is 1.11 bits per heavy atom. The van der Waals surface area contributed by atoms with Gasteiger partial charge in [0.15, 0.2) is 5.84 Å². The highest BCUT2D eigenvalue weighted by Crippen LogP contribution is 2.15. The number of carboxylic acids is 1. The Hall–Kier alpha value is -4.74. The molecule has 0 aromatic heterocycles. The third-order valence-electron chi connectivity index (χ3n) is 4.51. The molecular weight excluding hydrogens is 452 g/mol. The van der Waals surface area contributed by atoms with Crippen molar-refractivity contribution < 1.29 is 19.8 Å². The standard InChI is InChI=1S/C23H32N8O4/c1-13(11-28-21(29-15(3)24)19(25)20(26)27)12-31(4)17-8-6-16(7-9-17)22(33)30-18(23(34)35)10-5-14(2)32/h6-9,11,18,32H,1-3,5,10,12,24-27H2,4H3,(H,30,33)(H,34,35)/b28-11-,29-21+/t18-/m1/s1. The highest BCUT2D eigenvalue weighted by Gasteiger charge is 2.20. The summed E-state index contributed by atoms with van der Waals surface area (Å²) in [5, 5.41) is 20.9. The van der Waals surface area contributed by atoms with Crippen molar-refractivity contribution in [3.8, 4) is 0 Å². The highest BCUT2D eigenvalue weighted by molar-refractivity contribution is 6.05. The van der Waals surface area contributed by atoms with E-state index in [2.05, 4.69) is 35.0 Å². The first-order chi connectivity index (χ1) is 16.3. The topological polar surface area (TPSA) is 219 Å². The molecule has 0 saturated carbocycles. The zero-order valence-corrected chi connectivity index (χ0v) is 19.6. The van der Waals surface area contributed by atoms with E-state index in [0.29, 0.717) is 12.1 Å². The van der Waals surface area contributed by atoms with Gasteiger partial charge in [-0.2, -0.15) is 0 Å². The van der Waals surface area contributed by atoms with Crippen LogP contribution in [0.3, 0.4) is 0 Å². The lowest BCUT2D eigenvalue weighted by Crippen LogP contribution is -2.40. The van der Waals surface area contributed by atoms with Gasteiger partial charge in [0.2, 0.25) is 0 Å². The molecule has 1 amide bonds. The van der Waals surface area contributed by atoms with Crippen LogP contribution in [0.1, 0.15) is 23.2 Å². The van der Waals surface area contributed by atoms with Gasteiger partial charge in [0.25, 0.3) is 5.91 Å². The maximum absolute atomic E-state index is 12.4. The Bertz CT molecular complexity index is 1070. The van der Waals surface area contributed by atoms with E-state index in [1.54, 1.807) is 31.3 Å². The summed E-state index contributed by atoms with van der Waals surface area (Å²) in [6, 6.07) is 5.38. The number of amides is 1. The van der Waals surface area contributed by atoms with Gasteiger partial charge in [-0.25, -0.2) is 14.8 Å². The fourth-order valence-corrected chi connectivity index (χ4v) is 2.69. The van der Waals surface area contributed by atoms with Gasteiger partial charge in [-0.15, -0.1) is 0 Å². The maximum Gasteiger partial charge on any atom is 0.326 e. The number of nitrogens with one attached hydrogen (secondary N) is 1. The number of aliphatic imine (C=N–C) groups is 2. The number of carbonyl (C=O) groups excluding carboxylic acids is 1. The first-order valence-electron chi connectivity index (χ1n) is 10.3. The fourth-order valence-electron chi connectivity index (χ4n) is 2.69. The van der Waals surface area contributed by atoms with Gasteiger partial charge in [-0.1, -0.05) is 19.7 Å². The predicted molar refractivity (Wildman–Crippen MR) is 138 cm³/mol. The van der Waals surface area contributed by atoms with Crippen molar-refractivity contribution >= 4 is 29.6 Å². The minimum atomic E-state index is -1.20. The summed E-state index contributed by atoms with van der Waals surface area (Å²) in [6.45, 7) is 11.1. The van der Waals surface area contributed by atoms with Crippen LogP contribution in [0.5, 0.6) is 0 Å². The number of amidine groups is 1. The van der Waals surface area contributed by atoms with Crippen LogP contribution in [0, 0.1) is 0 Å². The van der Waals surface area contributed by atoms with Crippen molar-refractivity contribution in [3.63, 3.8) is 0 Å². The number of likely N-dealkylation sites (N-methyl/N-ethyl adjacent to an activating group) is 1. The molecule has 0 aliphatic heterocycles. The van der Waals surface area contributed by atoms with Crippen molar-refractivity contribution in [2.24, 2.45) is 32.9 Å². The van der Waals surface area contributed by atoms with Crippen LogP contribution in [0.25, 0.3) is 0 Å². The van der Waals surface area contributed by atoms with E-state index in [1.807, 2.05) is 4.90 Å². The molecule has 0 radical (unpaired) electrons. The summed E-state index contributed by atoms with van der Waals surface area (Å²) in [7, 11) is 1.80. The van der Waals surface area contributed by atoms with Crippen LogP contribution in [-0.2, 0) is 4.79 Å². The molecule has 11 N–H and O–H groups in total. The molecule has 1 atom stereocenters. The second kappa shape index (κ2) is 13.1. The maximum atomic E-state index is 12.4. The number of nitrogens with two attached hydrogens (primary N) is 4. The van der Waals surface area contributed by atoms with Gasteiger partial charge >= 0.3 is 5.97 Å². The number of hydrogen-bond donors (Lipinski definition) is 7. The van der Waals surface area contributed by atoms with E-state index in [9.17, 15) is 14.7 Å². The zero-order valence-electron chi connectivity index (χ0n) is 19.6. The van der Waals surface area contributed by atoms with E-state index in [0.717, 1.165) is 5.69 Å². The van der Waals surface area contributed by atoms with Gasteiger partial charge in [0.1, 0.15) is 23.4 Å². The Labute approximate surface area is 203 Å². The number of allylic oxidation sites excluding steroid dienone is 1. The molecule has 0 fully saturated rings. The summed E-state index contributed by atoms with van der Waals surface area (Å²) in [5.74, 6) is -2.10. The number of rotatable bonds is 12. The van der Waals surface area contributed by atoms with Crippen molar-refractivity contribution in [2.75, 3.05) is 18.5 Å². The summed E-state index contributed by atoms with van der Waals surface area (Å²) >= 11 is 0. The molecule has 1 rings (SSSR count). The van der Waals surface area contributed by atoms with Gasteiger partial charge in [0, 0.05) is 37.5 Å². The summed E-state index contributed by atoms with van der Waals surface area (Å²) in [4.78, 5) is 33.7. The van der Waals surface area contributed by atoms with E-state index in [-0.39, 0.29) is 47.3 Å². The van der Waals surface area contributed by atoms with E-state index < -0.39 is 17.9 Å². The Morgan fingerprint density at radius 3 is 2.20 bits per heavy atom. The monoisotopic (exact) mass is 484 g/mol. The van der Waals surface area contributed by atoms with Gasteiger partial charge in [-0.3, -0.25) is 4.79 Å². The van der Waals surface area contributed by atoms with Gasteiger partial charge < -0.3 is 43.4 Å². The summed E-state index contributed by atoms with van der Waals surface area (Å²) in [6.07, 6.45) is 1.51. The van der Waals surface area contributed by atoms with E-state index in [1.165, 1.54) is 6.21 Å². The summed E-state index contributed by atoms with van der Waals surface area (Å²) < 4.78 is 0. The van der Waals surface area contributed by atoms with Crippen LogP contribution in [0.2, 0.25) is 0 Å². The van der Waals surface area contributed by atoms with Crippen LogP contribution >= 0.6 is 0 Å². The molecule has 0 saturated heterocycles. The Morgan fingerprint density at radius 2 is 1.71 bits per heavy atom. The normalized spacial score (nSPS) is 12.0. The number of benzene rings is 1. The molecule has 35 heavy (non-hydrogen) atoms. The molecule has 0 bridgehead atoms. The third-order valence-corrected chi connectivity index (χ3v) is 4.51. The Kier molecular flexibility index (Phi) is 10.6. The lowest BCUT2D eigenvalue weighted by molar-refractivity contribution is -0.139. The number of carboxylic acid groups (broad SMARTS) is 1. The molecular formula is C23H32N8O4. The highest BCUT2D eigenvalue weighted by atomic mass is 16.4. The molecule has 188 valence electrons. The van der Waals surface area contributed by atoms with Crippen LogP contribution in [0.15, 0.2) is 82.7 Å². The second-order valence-corrected chi connectivity index (χ2v) is 7.58. The minimum Gasteiger partial charge on any atom is -0.513 e. The summed E-state index contributed by atoms with van der Waals surface area (Å²) in [5.41, 5.74) is 23.8. The largest absolute Gasteiger partial charge is 0.513 e. The molecule has 12 heteroatoms. The first kappa shape index (κ1) is 28.3. The first-order valence-corrected chi connectivity index (χ1v) is 10.3. The van der Waals surface area contributed by atoms with Gasteiger partial charge in [0.05, 0.1) is 5.76 Å². The molecule has 12 nitrogen and oxygen atoms in total. The SMILES string of the molecule is C=C(O)CC[C@@H](NC(=O)c1ccc(N(C)CC(=C)/C=N\C(=N\C(=C)N)C(N)=C(N)N)cc1)C(=O)O. The predicted octanol–water partition coefficient (Wildman–Crippen LogP) is 0.658. The number of carbonyl (C=O) groups is 2. The van der Waals surface area contributed by atoms with Crippen LogP contribution in [0.4, 0.5) is 5.69 Å². The quantitative estimate of drug-likeness (QED) is 0.126. The molecule has 1 aromatic carbocycles. The van der Waals surface area contributed by atoms with Gasteiger partial charge in [-0.05, 0) is 36.3 Å². The number of aliphatic hydroxyl groups excluding tert-OH is 1. The molecule has 0 spiro atoms. The molecule has 0 aliphatic carbocycles. The lowest BCUT2D eigenvalue weighted by atomic mass is 10.1. The zero-order chi connectivity index (χ0) is 26.7. The lowest BCUT2D eigenvalue weighted by Gasteiger charge is -2.20. The average Bonchev–Trinajstić information content (AvgIpc) is 2.78. The number of nitrogens with zero attached hydrogens (tertiary/aromatic N) is 3. The fraction of sp³-hybridized carbons (Fsp3) is 0.217. The van der Waals surface area contributed by atoms with Crippen molar-refractivity contribution in [1.29, 1.82) is 0 Å². The number of hydrogen-bond acceptors (Lipinski definition) is 9. The molecule has 1 aromatic rings. The van der Waals surface area contributed by atoms with Crippen LogP contribution < -0.4 is 33.2 Å². The molecule has 0 heterocycles. The molecule has 0 unspecified atom stereocenters. The third kappa shape index (κ3) is 9.74. The van der Waals surface area contributed by atoms with Crippen molar-refractivity contribution in [3.05, 3.63) is 78.2 Å². The second-order valence-electron chi connectivity index (χ2n) is 7.58. The molecule has 0 aliphatic rings. The van der Waals surface area contributed by atoms with E-state index in [4.69, 9.17) is 28.0 Å². The van der Waals surface area contributed by atoms with Crippen molar-refractivity contribution in [2.45, 2.75) is 18.9 Å². The average molecular weight is 485 g/mol. The van der Waals surface area contributed by atoms with Crippen molar-refractivity contribution in [1.82, 2.24) is 5.32 Å². The Balaban J connectivity index is 2.84. The van der Waals surface area contributed by atoms with Crippen LogP contribution in [-0.4, -0.2) is 53.8 Å². The number of aliphatic carboxylic acids is 1. The smallest absolute Gasteiger partial charge is 0.326 e.